The summed E-state index contributed by atoms with van der Waals surface area (Å²) in [6.45, 7) is 7.19. The van der Waals surface area contributed by atoms with Gasteiger partial charge < -0.3 is 9.47 Å². The van der Waals surface area contributed by atoms with Gasteiger partial charge in [0.2, 0.25) is 0 Å². The van der Waals surface area contributed by atoms with Gasteiger partial charge in [0, 0.05) is 14.2 Å². The zero-order valence-corrected chi connectivity index (χ0v) is 14.8. The first-order valence-corrected chi connectivity index (χ1v) is 9.10. The van der Waals surface area contributed by atoms with E-state index < -0.39 is 0 Å². The van der Waals surface area contributed by atoms with E-state index in [0.717, 1.165) is 29.6 Å². The highest BCUT2D eigenvalue weighted by Gasteiger charge is 2.37. The van der Waals surface area contributed by atoms with Gasteiger partial charge in [-0.1, -0.05) is 33.6 Å². The molecule has 21 heavy (non-hydrogen) atoms. The molecule has 2 heteroatoms. The second-order valence-electron chi connectivity index (χ2n) is 8.02. The zero-order valence-electron chi connectivity index (χ0n) is 14.8. The summed E-state index contributed by atoms with van der Waals surface area (Å²) in [6.07, 6.45) is 10.4. The molecule has 0 aromatic carbocycles. The average Bonchev–Trinajstić information content (AvgIpc) is 2.90. The van der Waals surface area contributed by atoms with Crippen LogP contribution in [0.1, 0.15) is 65.7 Å². The van der Waals surface area contributed by atoms with E-state index in [1.54, 1.807) is 0 Å². The normalized spacial score (nSPS) is 38.9. The van der Waals surface area contributed by atoms with Crippen LogP contribution in [0.3, 0.4) is 0 Å². The van der Waals surface area contributed by atoms with Crippen LogP contribution in [0.25, 0.3) is 0 Å². The lowest BCUT2D eigenvalue weighted by Gasteiger charge is -2.33. The topological polar surface area (TPSA) is 18.5 Å². The van der Waals surface area contributed by atoms with Crippen LogP contribution in [0.15, 0.2) is 0 Å². The molecule has 0 amide bonds. The molecule has 124 valence electrons. The second-order valence-corrected chi connectivity index (χ2v) is 8.02. The molecule has 6 atom stereocenters. The Hall–Kier alpha value is -0.0800. The molecule has 2 aliphatic carbocycles. The maximum Gasteiger partial charge on any atom is 0.0604 e. The van der Waals surface area contributed by atoms with Crippen LogP contribution in [0.5, 0.6) is 0 Å². The fourth-order valence-electron chi connectivity index (χ4n) is 4.93. The third-order valence-corrected chi connectivity index (χ3v) is 6.32. The Morgan fingerprint density at radius 3 is 2.29 bits per heavy atom. The van der Waals surface area contributed by atoms with Crippen molar-refractivity contribution >= 4 is 0 Å². The molecule has 0 N–H and O–H groups in total. The van der Waals surface area contributed by atoms with Crippen LogP contribution < -0.4 is 0 Å². The summed E-state index contributed by atoms with van der Waals surface area (Å²) in [4.78, 5) is 0. The van der Waals surface area contributed by atoms with Gasteiger partial charge in [0.15, 0.2) is 0 Å². The Balaban J connectivity index is 1.84. The SMILES string of the molecule is COC1CCCC(C(C)CC2C[C@H](C(C)C)[C@H](OC)C2)C1. The van der Waals surface area contributed by atoms with Gasteiger partial charge in [0.05, 0.1) is 12.2 Å². The van der Waals surface area contributed by atoms with Gasteiger partial charge in [-0.25, -0.2) is 0 Å². The summed E-state index contributed by atoms with van der Waals surface area (Å²) in [5.74, 6) is 4.12. The molecule has 0 aromatic rings. The minimum Gasteiger partial charge on any atom is -0.381 e. The highest BCUT2D eigenvalue weighted by Crippen LogP contribution is 2.43. The molecule has 0 radical (unpaired) electrons. The molecule has 2 fully saturated rings. The van der Waals surface area contributed by atoms with Gasteiger partial charge in [0.1, 0.15) is 0 Å². The van der Waals surface area contributed by atoms with E-state index in [-0.39, 0.29) is 0 Å². The summed E-state index contributed by atoms with van der Waals surface area (Å²) in [6, 6.07) is 0. The smallest absolute Gasteiger partial charge is 0.0604 e. The Morgan fingerprint density at radius 1 is 0.952 bits per heavy atom. The molecule has 2 rings (SSSR count). The maximum absolute atomic E-state index is 5.76. The van der Waals surface area contributed by atoms with E-state index in [0.29, 0.717) is 12.2 Å². The standard InChI is InChI=1S/C19H36O2/c1-13(2)18-10-15(11-19(18)21-5)9-14(3)16-7-6-8-17(12-16)20-4/h13-19H,6-12H2,1-5H3/t14?,15?,16?,17?,18-,19-/m1/s1. The molecule has 0 heterocycles. The predicted octanol–water partition coefficient (Wildman–Crippen LogP) is 4.92. The van der Waals surface area contributed by atoms with E-state index in [2.05, 4.69) is 20.8 Å². The van der Waals surface area contributed by atoms with E-state index >= 15 is 0 Å². The Morgan fingerprint density at radius 2 is 1.71 bits per heavy atom. The Labute approximate surface area is 132 Å². The van der Waals surface area contributed by atoms with Crippen LogP contribution in [0.4, 0.5) is 0 Å². The van der Waals surface area contributed by atoms with E-state index in [9.17, 15) is 0 Å². The van der Waals surface area contributed by atoms with Crippen molar-refractivity contribution in [1.29, 1.82) is 0 Å². The van der Waals surface area contributed by atoms with Gasteiger partial charge >= 0.3 is 0 Å². The van der Waals surface area contributed by atoms with Crippen LogP contribution in [-0.2, 0) is 9.47 Å². The number of ether oxygens (including phenoxy) is 2. The fraction of sp³-hybridized carbons (Fsp3) is 1.00. The van der Waals surface area contributed by atoms with Crippen molar-refractivity contribution in [2.75, 3.05) is 14.2 Å². The Bertz CT molecular complexity index is 302. The van der Waals surface area contributed by atoms with Gasteiger partial charge in [-0.2, -0.15) is 0 Å². The highest BCUT2D eigenvalue weighted by molar-refractivity contribution is 4.88. The van der Waals surface area contributed by atoms with E-state index in [1.807, 2.05) is 14.2 Å². The van der Waals surface area contributed by atoms with Crippen LogP contribution >= 0.6 is 0 Å². The molecule has 2 nitrogen and oxygen atoms in total. The lowest BCUT2D eigenvalue weighted by molar-refractivity contribution is 0.0350. The molecule has 0 aromatic heterocycles. The first kappa shape index (κ1) is 17.3. The number of methoxy groups -OCH3 is 2. The second kappa shape index (κ2) is 7.97. The monoisotopic (exact) mass is 296 g/mol. The van der Waals surface area contributed by atoms with Crippen molar-refractivity contribution in [2.45, 2.75) is 77.9 Å². The minimum absolute atomic E-state index is 0.500. The molecule has 0 aliphatic heterocycles. The summed E-state index contributed by atoms with van der Waals surface area (Å²) < 4.78 is 11.4. The molecule has 4 unspecified atom stereocenters. The molecule has 0 spiro atoms. The fourth-order valence-corrected chi connectivity index (χ4v) is 4.93. The number of hydrogen-bond donors (Lipinski definition) is 0. The van der Waals surface area contributed by atoms with Crippen LogP contribution in [0, 0.1) is 29.6 Å². The summed E-state index contributed by atoms with van der Waals surface area (Å²) in [5.41, 5.74) is 0. The van der Waals surface area contributed by atoms with Crippen LogP contribution in [0.2, 0.25) is 0 Å². The quantitative estimate of drug-likeness (QED) is 0.693. The molecular formula is C19H36O2. The van der Waals surface area contributed by atoms with Gasteiger partial charge in [0.25, 0.3) is 0 Å². The lowest BCUT2D eigenvalue weighted by atomic mass is 9.76. The van der Waals surface area contributed by atoms with E-state index in [4.69, 9.17) is 9.47 Å². The third kappa shape index (κ3) is 4.45. The van der Waals surface area contributed by atoms with Crippen molar-refractivity contribution in [2.24, 2.45) is 29.6 Å². The molecular weight excluding hydrogens is 260 g/mol. The highest BCUT2D eigenvalue weighted by atomic mass is 16.5. The first-order valence-electron chi connectivity index (χ1n) is 9.10. The number of rotatable bonds is 6. The molecule has 0 bridgehead atoms. The van der Waals surface area contributed by atoms with Gasteiger partial charge in [-0.05, 0) is 61.7 Å². The summed E-state index contributed by atoms with van der Waals surface area (Å²) in [7, 11) is 3.78. The van der Waals surface area contributed by atoms with Crippen molar-refractivity contribution in [3.8, 4) is 0 Å². The zero-order chi connectivity index (χ0) is 15.4. The molecule has 2 aliphatic rings. The Kier molecular flexibility index (Phi) is 6.55. The van der Waals surface area contributed by atoms with Crippen molar-refractivity contribution < 1.29 is 9.47 Å². The average molecular weight is 296 g/mol. The predicted molar refractivity (Wildman–Crippen MR) is 88.4 cm³/mol. The molecule has 0 saturated heterocycles. The maximum atomic E-state index is 5.76. The molecule has 2 saturated carbocycles. The number of hydrogen-bond acceptors (Lipinski definition) is 2. The van der Waals surface area contributed by atoms with Crippen LogP contribution in [-0.4, -0.2) is 26.4 Å². The van der Waals surface area contributed by atoms with Crippen molar-refractivity contribution in [1.82, 2.24) is 0 Å². The largest absolute Gasteiger partial charge is 0.381 e. The van der Waals surface area contributed by atoms with Gasteiger partial charge in [-0.3, -0.25) is 0 Å². The summed E-state index contributed by atoms with van der Waals surface area (Å²) in [5, 5.41) is 0. The first-order chi connectivity index (χ1) is 10.0. The summed E-state index contributed by atoms with van der Waals surface area (Å²) >= 11 is 0. The minimum atomic E-state index is 0.500. The van der Waals surface area contributed by atoms with Crippen molar-refractivity contribution in [3.05, 3.63) is 0 Å². The third-order valence-electron chi connectivity index (χ3n) is 6.32. The van der Waals surface area contributed by atoms with Crippen molar-refractivity contribution in [3.63, 3.8) is 0 Å². The van der Waals surface area contributed by atoms with E-state index in [1.165, 1.54) is 44.9 Å². The van der Waals surface area contributed by atoms with Gasteiger partial charge in [-0.15, -0.1) is 0 Å². The lowest BCUT2D eigenvalue weighted by Crippen LogP contribution is -2.26.